The summed E-state index contributed by atoms with van der Waals surface area (Å²) in [6.45, 7) is 0.400. The van der Waals surface area contributed by atoms with Crippen LogP contribution in [0.1, 0.15) is 32.9 Å². The molecule has 0 saturated carbocycles. The number of hydrogen-bond acceptors (Lipinski definition) is 4. The van der Waals surface area contributed by atoms with Crippen LogP contribution in [-0.4, -0.2) is 25.6 Å². The molecular formula is C25H18BrF2N5O. The third-order valence-corrected chi connectivity index (χ3v) is 5.69. The standard InChI is InChI=1S/C25H18BrF2N5O/c26-21-3-1-2-19(10-21)25(34)32(14-20-8-9-22(27)11-23(20)28)15-24-31-30-16-33(24)13-18-6-4-17(12-29)5-7-18/h1-11,16H,13-15H2. The van der Waals surface area contributed by atoms with Gasteiger partial charge in [0.15, 0.2) is 5.82 Å². The molecule has 170 valence electrons. The Morgan fingerprint density at radius 2 is 1.85 bits per heavy atom. The Morgan fingerprint density at radius 1 is 1.06 bits per heavy atom. The molecular weight excluding hydrogens is 504 g/mol. The quantitative estimate of drug-likeness (QED) is 0.339. The highest BCUT2D eigenvalue weighted by Crippen LogP contribution is 2.19. The first kappa shape index (κ1) is 23.3. The lowest BCUT2D eigenvalue weighted by atomic mass is 10.1. The summed E-state index contributed by atoms with van der Waals surface area (Å²) >= 11 is 3.37. The molecule has 1 amide bonds. The molecule has 0 N–H and O–H groups in total. The van der Waals surface area contributed by atoms with Crippen LogP contribution in [0, 0.1) is 23.0 Å². The van der Waals surface area contributed by atoms with E-state index in [2.05, 4.69) is 32.2 Å². The molecule has 3 aromatic carbocycles. The molecule has 0 unspecified atom stereocenters. The van der Waals surface area contributed by atoms with E-state index in [0.717, 1.165) is 22.2 Å². The maximum Gasteiger partial charge on any atom is 0.254 e. The van der Waals surface area contributed by atoms with Crippen LogP contribution in [0.5, 0.6) is 0 Å². The van der Waals surface area contributed by atoms with E-state index >= 15 is 0 Å². The van der Waals surface area contributed by atoms with Gasteiger partial charge in [0.25, 0.3) is 5.91 Å². The lowest BCUT2D eigenvalue weighted by molar-refractivity contribution is 0.0722. The summed E-state index contributed by atoms with van der Waals surface area (Å²) in [6.07, 6.45) is 1.55. The zero-order valence-electron chi connectivity index (χ0n) is 17.8. The number of carbonyl (C=O) groups is 1. The zero-order chi connectivity index (χ0) is 24.1. The van der Waals surface area contributed by atoms with Crippen LogP contribution in [0.15, 0.2) is 77.5 Å². The third kappa shape index (κ3) is 5.53. The van der Waals surface area contributed by atoms with Gasteiger partial charge in [0.05, 0.1) is 24.7 Å². The average molecular weight is 522 g/mol. The van der Waals surface area contributed by atoms with E-state index < -0.39 is 11.6 Å². The molecule has 1 heterocycles. The molecule has 9 heteroatoms. The van der Waals surface area contributed by atoms with Gasteiger partial charge in [-0.25, -0.2) is 8.78 Å². The number of nitriles is 1. The number of carbonyl (C=O) groups excluding carboxylic acids is 1. The number of nitrogens with zero attached hydrogens (tertiary/aromatic N) is 5. The van der Waals surface area contributed by atoms with Crippen LogP contribution in [-0.2, 0) is 19.6 Å². The van der Waals surface area contributed by atoms with Crippen LogP contribution in [0.2, 0.25) is 0 Å². The molecule has 0 saturated heterocycles. The van der Waals surface area contributed by atoms with Gasteiger partial charge in [0.1, 0.15) is 18.0 Å². The first-order valence-electron chi connectivity index (χ1n) is 10.3. The number of hydrogen-bond donors (Lipinski definition) is 0. The second-order valence-corrected chi connectivity index (χ2v) is 8.51. The summed E-state index contributed by atoms with van der Waals surface area (Å²) in [6, 6.07) is 19.4. The fourth-order valence-corrected chi connectivity index (χ4v) is 3.84. The number of halogens is 3. The van der Waals surface area contributed by atoms with Gasteiger partial charge >= 0.3 is 0 Å². The minimum absolute atomic E-state index is 0.0540. The largest absolute Gasteiger partial charge is 0.327 e. The molecule has 0 radical (unpaired) electrons. The van der Waals surface area contributed by atoms with E-state index in [1.165, 1.54) is 11.0 Å². The van der Waals surface area contributed by atoms with E-state index in [1.807, 2.05) is 12.1 Å². The lowest BCUT2D eigenvalue weighted by Crippen LogP contribution is -2.32. The minimum Gasteiger partial charge on any atom is -0.327 e. The molecule has 4 rings (SSSR count). The molecule has 0 fully saturated rings. The average Bonchev–Trinajstić information content (AvgIpc) is 3.26. The summed E-state index contributed by atoms with van der Waals surface area (Å²) in [7, 11) is 0. The SMILES string of the molecule is N#Cc1ccc(Cn2cnnc2CN(Cc2ccc(F)cc2F)C(=O)c2cccc(Br)c2)cc1. The second-order valence-electron chi connectivity index (χ2n) is 7.59. The van der Waals surface area contributed by atoms with E-state index in [1.54, 1.807) is 47.3 Å². The number of amides is 1. The van der Waals surface area contributed by atoms with Crippen molar-refractivity contribution in [2.24, 2.45) is 0 Å². The van der Waals surface area contributed by atoms with Crippen LogP contribution in [0.3, 0.4) is 0 Å². The van der Waals surface area contributed by atoms with Crippen molar-refractivity contribution in [3.8, 4) is 6.07 Å². The fourth-order valence-electron chi connectivity index (χ4n) is 3.44. The molecule has 34 heavy (non-hydrogen) atoms. The van der Waals surface area contributed by atoms with E-state index in [4.69, 9.17) is 5.26 Å². The first-order valence-corrected chi connectivity index (χ1v) is 11.1. The molecule has 0 spiro atoms. The van der Waals surface area contributed by atoms with Crippen LogP contribution in [0.25, 0.3) is 0 Å². The van der Waals surface area contributed by atoms with Gasteiger partial charge < -0.3 is 9.47 Å². The molecule has 6 nitrogen and oxygen atoms in total. The highest BCUT2D eigenvalue weighted by molar-refractivity contribution is 9.10. The van der Waals surface area contributed by atoms with Gasteiger partial charge in [-0.15, -0.1) is 10.2 Å². The summed E-state index contributed by atoms with van der Waals surface area (Å²) in [5, 5.41) is 17.1. The Labute approximate surface area is 203 Å². The highest BCUT2D eigenvalue weighted by Gasteiger charge is 2.21. The highest BCUT2D eigenvalue weighted by atomic mass is 79.9. The van der Waals surface area contributed by atoms with Crippen molar-refractivity contribution < 1.29 is 13.6 Å². The summed E-state index contributed by atoms with van der Waals surface area (Å²) < 4.78 is 30.3. The Kier molecular flexibility index (Phi) is 7.09. The Morgan fingerprint density at radius 3 is 2.56 bits per heavy atom. The molecule has 1 aromatic heterocycles. The molecule has 0 atom stereocenters. The van der Waals surface area contributed by atoms with Crippen molar-refractivity contribution in [3.63, 3.8) is 0 Å². The number of aromatic nitrogens is 3. The summed E-state index contributed by atoms with van der Waals surface area (Å²) in [5.41, 5.74) is 2.08. The molecule has 4 aromatic rings. The molecule has 0 aliphatic rings. The monoisotopic (exact) mass is 521 g/mol. The number of rotatable bonds is 7. The minimum atomic E-state index is -0.730. The first-order chi connectivity index (χ1) is 16.4. The summed E-state index contributed by atoms with van der Waals surface area (Å²) in [4.78, 5) is 14.8. The predicted octanol–water partition coefficient (Wildman–Crippen LogP) is 5.08. The van der Waals surface area contributed by atoms with Crippen molar-refractivity contribution in [2.45, 2.75) is 19.6 Å². The summed E-state index contributed by atoms with van der Waals surface area (Å²) in [5.74, 6) is -1.26. The molecule has 0 aliphatic heterocycles. The maximum absolute atomic E-state index is 14.4. The van der Waals surface area contributed by atoms with Crippen molar-refractivity contribution >= 4 is 21.8 Å². The van der Waals surface area contributed by atoms with E-state index in [9.17, 15) is 13.6 Å². The Hall–Kier alpha value is -3.90. The van der Waals surface area contributed by atoms with Crippen molar-refractivity contribution in [3.05, 3.63) is 117 Å². The zero-order valence-corrected chi connectivity index (χ0v) is 19.4. The fraction of sp³-hybridized carbons (Fsp3) is 0.120. The van der Waals surface area contributed by atoms with Gasteiger partial charge in [0, 0.05) is 28.2 Å². The van der Waals surface area contributed by atoms with E-state index in [-0.39, 0.29) is 24.6 Å². The van der Waals surface area contributed by atoms with Crippen LogP contribution < -0.4 is 0 Å². The van der Waals surface area contributed by atoms with Gasteiger partial charge in [0.2, 0.25) is 0 Å². The molecule has 0 bridgehead atoms. The maximum atomic E-state index is 14.4. The van der Waals surface area contributed by atoms with Crippen LogP contribution >= 0.6 is 15.9 Å². The topological polar surface area (TPSA) is 74.8 Å². The Bertz CT molecular complexity index is 1360. The van der Waals surface area contributed by atoms with Gasteiger partial charge in [-0.3, -0.25) is 4.79 Å². The van der Waals surface area contributed by atoms with Crippen molar-refractivity contribution in [1.29, 1.82) is 5.26 Å². The van der Waals surface area contributed by atoms with Gasteiger partial charge in [-0.05, 0) is 42.0 Å². The van der Waals surface area contributed by atoms with Crippen molar-refractivity contribution in [1.82, 2.24) is 19.7 Å². The predicted molar refractivity (Wildman–Crippen MR) is 124 cm³/mol. The third-order valence-electron chi connectivity index (χ3n) is 5.20. The molecule has 0 aliphatic carbocycles. The van der Waals surface area contributed by atoms with Crippen LogP contribution in [0.4, 0.5) is 8.78 Å². The smallest absolute Gasteiger partial charge is 0.254 e. The lowest BCUT2D eigenvalue weighted by Gasteiger charge is -2.23. The van der Waals surface area contributed by atoms with Gasteiger partial charge in [-0.1, -0.05) is 40.2 Å². The van der Waals surface area contributed by atoms with Crippen molar-refractivity contribution in [2.75, 3.05) is 0 Å². The second kappa shape index (κ2) is 10.4. The number of benzene rings is 3. The van der Waals surface area contributed by atoms with E-state index in [0.29, 0.717) is 23.5 Å². The Balaban J connectivity index is 1.62. The normalized spacial score (nSPS) is 10.6. The van der Waals surface area contributed by atoms with Gasteiger partial charge in [-0.2, -0.15) is 5.26 Å².